The molecule has 0 fully saturated rings. The molecule has 3 aromatic carbocycles. The van der Waals surface area contributed by atoms with E-state index in [0.29, 0.717) is 16.8 Å². The minimum Gasteiger partial charge on any atom is -0.503 e. The average molecular weight is 530 g/mol. The summed E-state index contributed by atoms with van der Waals surface area (Å²) >= 11 is 3.43. The first-order chi connectivity index (χ1) is 16.6. The first-order valence-electron chi connectivity index (χ1n) is 11.3. The molecule has 6 heteroatoms. The highest BCUT2D eigenvalue weighted by Crippen LogP contribution is 2.42. The molecule has 4 aromatic rings. The van der Waals surface area contributed by atoms with E-state index in [1.54, 1.807) is 12.1 Å². The van der Waals surface area contributed by atoms with Crippen molar-refractivity contribution in [2.24, 2.45) is 0 Å². The van der Waals surface area contributed by atoms with Crippen molar-refractivity contribution in [1.82, 2.24) is 0 Å². The summed E-state index contributed by atoms with van der Waals surface area (Å²) in [5.41, 5.74) is 2.92. The maximum atomic E-state index is 13.7. The third-order valence-electron chi connectivity index (χ3n) is 6.28. The highest BCUT2D eigenvalue weighted by molar-refractivity contribution is 9.10. The van der Waals surface area contributed by atoms with Crippen LogP contribution in [0.1, 0.15) is 48.5 Å². The molecule has 0 bridgehead atoms. The zero-order chi connectivity index (χ0) is 24.9. The van der Waals surface area contributed by atoms with Crippen LogP contribution in [0.5, 0.6) is 0 Å². The summed E-state index contributed by atoms with van der Waals surface area (Å²) in [7, 11) is 0. The molecule has 0 aliphatic carbocycles. The zero-order valence-corrected chi connectivity index (χ0v) is 21.2. The molecule has 5 nitrogen and oxygen atoms in total. The van der Waals surface area contributed by atoms with Gasteiger partial charge in [0.05, 0.1) is 11.6 Å². The number of carbonyl (C=O) groups is 2. The number of hydrogen-bond donors (Lipinski definition) is 1. The molecule has 1 amide bonds. The summed E-state index contributed by atoms with van der Waals surface area (Å²) in [6.07, 6.45) is 0. The number of benzene rings is 3. The van der Waals surface area contributed by atoms with Gasteiger partial charge in [0.2, 0.25) is 5.78 Å². The number of fused-ring (bicyclic) bond motifs is 1. The van der Waals surface area contributed by atoms with Gasteiger partial charge in [-0.25, -0.2) is 0 Å². The molecule has 0 spiro atoms. The number of nitrogens with zero attached hydrogens (tertiary/aromatic N) is 1. The minimum absolute atomic E-state index is 0.000722. The molecule has 0 saturated heterocycles. The number of furan rings is 1. The normalized spacial score (nSPS) is 16.4. The molecule has 1 N–H and O–H groups in total. The Kier molecular flexibility index (Phi) is 5.64. The molecule has 176 valence electrons. The molecule has 35 heavy (non-hydrogen) atoms. The summed E-state index contributed by atoms with van der Waals surface area (Å²) in [4.78, 5) is 28.5. The Morgan fingerprint density at radius 3 is 2.31 bits per heavy atom. The number of amides is 1. The Morgan fingerprint density at radius 2 is 1.66 bits per heavy atom. The largest absolute Gasteiger partial charge is 0.503 e. The standard InChI is InChI=1S/C29H24BrNO4/c1-29(2,3)19-9-12-21(13-10-19)31-25(17-7-5-4-6-8-17)24(27(33)28(31)34)26(32)23-16-18-15-20(30)11-14-22(18)35-23/h4-16,25,33H,1-3H3. The van der Waals surface area contributed by atoms with Crippen molar-refractivity contribution >= 4 is 44.3 Å². The van der Waals surface area contributed by atoms with Crippen LogP contribution in [0.2, 0.25) is 0 Å². The third kappa shape index (κ3) is 4.08. The number of ketones is 1. The topological polar surface area (TPSA) is 70.8 Å². The van der Waals surface area contributed by atoms with Crippen LogP contribution < -0.4 is 4.90 Å². The fourth-order valence-corrected chi connectivity index (χ4v) is 4.81. The minimum atomic E-state index is -0.795. The second kappa shape index (κ2) is 8.54. The van der Waals surface area contributed by atoms with Gasteiger partial charge in [0.15, 0.2) is 11.5 Å². The van der Waals surface area contributed by atoms with Crippen LogP contribution in [-0.2, 0) is 10.2 Å². The van der Waals surface area contributed by atoms with Crippen molar-refractivity contribution in [3.8, 4) is 0 Å². The smallest absolute Gasteiger partial charge is 0.294 e. The Balaban J connectivity index is 1.62. The monoisotopic (exact) mass is 529 g/mol. The van der Waals surface area contributed by atoms with Crippen molar-refractivity contribution in [1.29, 1.82) is 0 Å². The van der Waals surface area contributed by atoms with E-state index in [1.807, 2.05) is 66.7 Å². The molecule has 1 atom stereocenters. The van der Waals surface area contributed by atoms with Gasteiger partial charge < -0.3 is 9.52 Å². The van der Waals surface area contributed by atoms with Crippen LogP contribution in [0.4, 0.5) is 5.69 Å². The van der Waals surface area contributed by atoms with E-state index in [9.17, 15) is 14.7 Å². The zero-order valence-electron chi connectivity index (χ0n) is 19.6. The molecule has 1 aliphatic rings. The number of anilines is 1. The molecule has 2 heterocycles. The predicted octanol–water partition coefficient (Wildman–Crippen LogP) is 7.28. The van der Waals surface area contributed by atoms with Crippen LogP contribution in [-0.4, -0.2) is 16.8 Å². The highest BCUT2D eigenvalue weighted by atomic mass is 79.9. The SMILES string of the molecule is CC(C)(C)c1ccc(N2C(=O)C(O)=C(C(=O)c3cc4cc(Br)ccc4o3)C2c2ccccc2)cc1. The van der Waals surface area contributed by atoms with Crippen molar-refractivity contribution in [2.45, 2.75) is 32.2 Å². The van der Waals surface area contributed by atoms with E-state index in [4.69, 9.17) is 4.42 Å². The summed E-state index contributed by atoms with van der Waals surface area (Å²) in [6.45, 7) is 6.35. The highest BCUT2D eigenvalue weighted by Gasteiger charge is 2.45. The summed E-state index contributed by atoms with van der Waals surface area (Å²) in [5, 5.41) is 11.7. The molecule has 0 radical (unpaired) electrons. The van der Waals surface area contributed by atoms with Gasteiger partial charge in [-0.2, -0.15) is 0 Å². The van der Waals surface area contributed by atoms with Crippen LogP contribution in [0, 0.1) is 0 Å². The third-order valence-corrected chi connectivity index (χ3v) is 6.77. The molecular weight excluding hydrogens is 506 g/mol. The second-order valence-corrected chi connectivity index (χ2v) is 10.6. The van der Waals surface area contributed by atoms with Gasteiger partial charge in [0, 0.05) is 15.5 Å². The summed E-state index contributed by atoms with van der Waals surface area (Å²) in [5.74, 6) is -1.64. The Bertz CT molecular complexity index is 1480. The quantitative estimate of drug-likeness (QED) is 0.282. The Labute approximate surface area is 211 Å². The molecule has 0 saturated carbocycles. The number of Topliss-reactive ketones (excluding diaryl/α,β-unsaturated/α-hetero) is 1. The molecule has 5 rings (SSSR count). The van der Waals surface area contributed by atoms with Crippen molar-refractivity contribution in [3.05, 3.63) is 112 Å². The lowest BCUT2D eigenvalue weighted by Gasteiger charge is -2.27. The number of rotatable bonds is 4. The van der Waals surface area contributed by atoms with E-state index in [1.165, 1.54) is 4.90 Å². The van der Waals surface area contributed by atoms with Gasteiger partial charge in [-0.15, -0.1) is 0 Å². The molecular formula is C29H24BrNO4. The van der Waals surface area contributed by atoms with E-state index in [-0.39, 0.29) is 16.7 Å². The van der Waals surface area contributed by atoms with Crippen molar-refractivity contribution in [3.63, 3.8) is 0 Å². The van der Waals surface area contributed by atoms with Crippen LogP contribution in [0.3, 0.4) is 0 Å². The number of hydrogen-bond acceptors (Lipinski definition) is 4. The number of halogens is 1. The van der Waals surface area contributed by atoms with E-state index in [2.05, 4.69) is 36.7 Å². The molecule has 1 aromatic heterocycles. The predicted molar refractivity (Wildman–Crippen MR) is 140 cm³/mol. The van der Waals surface area contributed by atoms with Gasteiger partial charge in [-0.05, 0) is 52.9 Å². The first-order valence-corrected chi connectivity index (χ1v) is 12.1. The second-order valence-electron chi connectivity index (χ2n) is 9.67. The maximum Gasteiger partial charge on any atom is 0.294 e. The maximum absolute atomic E-state index is 13.7. The Morgan fingerprint density at radius 1 is 0.971 bits per heavy atom. The number of aliphatic hydroxyl groups excluding tert-OH is 1. The molecule has 1 aliphatic heterocycles. The summed E-state index contributed by atoms with van der Waals surface area (Å²) in [6, 6.07) is 23.2. The van der Waals surface area contributed by atoms with Crippen LogP contribution in [0.25, 0.3) is 11.0 Å². The number of carbonyl (C=O) groups excluding carboxylic acids is 2. The van der Waals surface area contributed by atoms with Gasteiger partial charge in [-0.1, -0.05) is 79.2 Å². The van der Waals surface area contributed by atoms with Crippen LogP contribution >= 0.6 is 15.9 Å². The van der Waals surface area contributed by atoms with Gasteiger partial charge in [-0.3, -0.25) is 14.5 Å². The van der Waals surface area contributed by atoms with E-state index >= 15 is 0 Å². The lowest BCUT2D eigenvalue weighted by atomic mass is 9.87. The fraction of sp³-hybridized carbons (Fsp3) is 0.172. The van der Waals surface area contributed by atoms with Crippen molar-refractivity contribution in [2.75, 3.05) is 4.90 Å². The van der Waals surface area contributed by atoms with E-state index in [0.717, 1.165) is 15.4 Å². The van der Waals surface area contributed by atoms with E-state index < -0.39 is 23.5 Å². The number of aliphatic hydroxyl groups is 1. The Hall–Kier alpha value is -3.64. The van der Waals surface area contributed by atoms with Crippen molar-refractivity contribution < 1.29 is 19.1 Å². The lowest BCUT2D eigenvalue weighted by molar-refractivity contribution is -0.117. The van der Waals surface area contributed by atoms with Gasteiger partial charge in [0.25, 0.3) is 5.91 Å². The average Bonchev–Trinajstić information content (AvgIpc) is 3.37. The van der Waals surface area contributed by atoms with Gasteiger partial charge in [0.1, 0.15) is 5.58 Å². The summed E-state index contributed by atoms with van der Waals surface area (Å²) < 4.78 is 6.67. The molecule has 1 unspecified atom stereocenters. The lowest BCUT2D eigenvalue weighted by Crippen LogP contribution is -2.31. The van der Waals surface area contributed by atoms with Gasteiger partial charge >= 0.3 is 0 Å². The van der Waals surface area contributed by atoms with Crippen LogP contribution in [0.15, 0.2) is 99.1 Å². The first kappa shape index (κ1) is 23.1. The fourth-order valence-electron chi connectivity index (χ4n) is 4.44.